The molecule has 1 aromatic carbocycles. The highest BCUT2D eigenvalue weighted by molar-refractivity contribution is 5.76. The number of aromatic amines is 1. The number of hydrogen-bond acceptors (Lipinski definition) is 6. The van der Waals surface area contributed by atoms with E-state index in [-0.39, 0.29) is 36.8 Å². The van der Waals surface area contributed by atoms with Gasteiger partial charge in [-0.05, 0) is 12.1 Å². The number of H-pyrrole nitrogens is 1. The lowest BCUT2D eigenvalue weighted by molar-refractivity contribution is -0.120. The molecule has 1 heterocycles. The molecule has 25 heavy (non-hydrogen) atoms. The summed E-state index contributed by atoms with van der Waals surface area (Å²) in [5.74, 6) is 3.46. The molecule has 0 spiro atoms. The van der Waals surface area contributed by atoms with Crippen LogP contribution in [-0.2, 0) is 11.2 Å². The molecule has 1 aromatic heterocycles. The largest absolute Gasteiger partial charge is 0.497 e. The first-order chi connectivity index (χ1) is 12.1. The molecule has 0 atom stereocenters. The Morgan fingerprint density at radius 1 is 1.24 bits per heavy atom. The minimum Gasteiger partial charge on any atom is -0.497 e. The van der Waals surface area contributed by atoms with Crippen LogP contribution in [0.5, 0.6) is 11.5 Å². The van der Waals surface area contributed by atoms with Gasteiger partial charge in [0.15, 0.2) is 5.82 Å². The molecule has 2 aromatic rings. The quantitative estimate of drug-likeness (QED) is 0.711. The van der Waals surface area contributed by atoms with Gasteiger partial charge in [-0.15, -0.1) is 16.6 Å². The number of hydrogen-bond donors (Lipinski definition) is 2. The molecule has 0 saturated heterocycles. The zero-order valence-corrected chi connectivity index (χ0v) is 14.0. The summed E-state index contributed by atoms with van der Waals surface area (Å²) in [7, 11) is 3.06. The molecule has 0 aliphatic rings. The molecular formula is C17H18N4O4. The maximum Gasteiger partial charge on any atom is 0.273 e. The van der Waals surface area contributed by atoms with Crippen LogP contribution >= 0.6 is 0 Å². The maximum absolute atomic E-state index is 12.2. The Morgan fingerprint density at radius 2 is 1.92 bits per heavy atom. The van der Waals surface area contributed by atoms with E-state index in [2.05, 4.69) is 26.4 Å². The number of ether oxygens (including phenoxy) is 2. The summed E-state index contributed by atoms with van der Waals surface area (Å²) in [6, 6.07) is 5.11. The minimum atomic E-state index is -0.406. The first-order valence-electron chi connectivity index (χ1n) is 7.47. The monoisotopic (exact) mass is 342 g/mol. The second-order valence-electron chi connectivity index (χ2n) is 5.03. The van der Waals surface area contributed by atoms with Crippen molar-refractivity contribution in [2.75, 3.05) is 20.8 Å². The lowest BCUT2D eigenvalue weighted by Gasteiger charge is -2.08. The second-order valence-corrected chi connectivity index (χ2v) is 5.03. The van der Waals surface area contributed by atoms with E-state index in [4.69, 9.17) is 15.9 Å². The van der Waals surface area contributed by atoms with Crippen molar-refractivity contribution in [1.82, 2.24) is 20.5 Å². The fourth-order valence-electron chi connectivity index (χ4n) is 2.07. The van der Waals surface area contributed by atoms with Crippen LogP contribution < -0.4 is 20.3 Å². The average Bonchev–Trinajstić information content (AvgIpc) is 2.64. The molecule has 0 unspecified atom stereocenters. The summed E-state index contributed by atoms with van der Waals surface area (Å²) in [6.07, 6.45) is 5.33. The number of rotatable bonds is 7. The minimum absolute atomic E-state index is 0.103. The van der Waals surface area contributed by atoms with E-state index in [0.717, 1.165) is 0 Å². The highest BCUT2D eigenvalue weighted by Crippen LogP contribution is 2.27. The van der Waals surface area contributed by atoms with Gasteiger partial charge in [0.05, 0.1) is 20.8 Å². The van der Waals surface area contributed by atoms with Gasteiger partial charge < -0.3 is 19.8 Å². The molecule has 8 nitrogen and oxygen atoms in total. The zero-order valence-electron chi connectivity index (χ0n) is 14.0. The van der Waals surface area contributed by atoms with Gasteiger partial charge in [-0.3, -0.25) is 9.59 Å². The van der Waals surface area contributed by atoms with E-state index < -0.39 is 5.56 Å². The van der Waals surface area contributed by atoms with Crippen molar-refractivity contribution >= 4 is 5.91 Å². The number of benzene rings is 1. The fraction of sp³-hybridized carbons (Fsp3) is 0.294. The van der Waals surface area contributed by atoms with E-state index in [1.54, 1.807) is 18.2 Å². The van der Waals surface area contributed by atoms with Crippen LogP contribution in [0.15, 0.2) is 23.0 Å². The summed E-state index contributed by atoms with van der Waals surface area (Å²) in [4.78, 5) is 26.3. The van der Waals surface area contributed by atoms with Gasteiger partial charge >= 0.3 is 0 Å². The van der Waals surface area contributed by atoms with Crippen LogP contribution in [0.3, 0.4) is 0 Å². The van der Waals surface area contributed by atoms with Crippen LogP contribution in [0, 0.1) is 12.3 Å². The Labute approximate surface area is 144 Å². The number of aryl methyl sites for hydroxylation is 1. The number of aromatic nitrogens is 3. The molecule has 130 valence electrons. The van der Waals surface area contributed by atoms with Gasteiger partial charge in [0, 0.05) is 24.5 Å². The number of carbonyl (C=O) groups excluding carboxylic acids is 1. The van der Waals surface area contributed by atoms with Gasteiger partial charge in [-0.1, -0.05) is 5.92 Å². The number of methoxy groups -OCH3 is 2. The molecule has 2 N–H and O–H groups in total. The zero-order chi connectivity index (χ0) is 18.2. The number of nitrogens with zero attached hydrogens (tertiary/aromatic N) is 2. The Hall–Kier alpha value is -3.34. The molecule has 0 radical (unpaired) electrons. The Bertz CT molecular complexity index is 832. The molecule has 0 aliphatic heterocycles. The number of nitrogens with one attached hydrogen (secondary N) is 2. The van der Waals surface area contributed by atoms with Gasteiger partial charge in [-0.25, -0.2) is 0 Å². The van der Waals surface area contributed by atoms with Crippen LogP contribution in [0.25, 0.3) is 11.4 Å². The molecular weight excluding hydrogens is 324 g/mol. The van der Waals surface area contributed by atoms with E-state index in [9.17, 15) is 9.59 Å². The van der Waals surface area contributed by atoms with Crippen molar-refractivity contribution in [3.8, 4) is 35.2 Å². The van der Waals surface area contributed by atoms with Crippen molar-refractivity contribution in [1.29, 1.82) is 0 Å². The summed E-state index contributed by atoms with van der Waals surface area (Å²) in [5.41, 5.74) is 0.366. The predicted molar refractivity (Wildman–Crippen MR) is 91.4 cm³/mol. The third-order valence-corrected chi connectivity index (χ3v) is 3.37. The van der Waals surface area contributed by atoms with Crippen LogP contribution in [0.2, 0.25) is 0 Å². The topological polar surface area (TPSA) is 106 Å². The van der Waals surface area contributed by atoms with Crippen molar-refractivity contribution in [2.24, 2.45) is 0 Å². The molecule has 0 bridgehead atoms. The smallest absolute Gasteiger partial charge is 0.273 e. The average molecular weight is 342 g/mol. The highest BCUT2D eigenvalue weighted by atomic mass is 16.5. The summed E-state index contributed by atoms with van der Waals surface area (Å²) >= 11 is 0. The summed E-state index contributed by atoms with van der Waals surface area (Å²) in [6.45, 7) is 0.150. The molecule has 0 fully saturated rings. The van der Waals surface area contributed by atoms with E-state index >= 15 is 0 Å². The Morgan fingerprint density at radius 3 is 2.48 bits per heavy atom. The lowest BCUT2D eigenvalue weighted by atomic mass is 10.2. The van der Waals surface area contributed by atoms with E-state index in [1.807, 2.05) is 0 Å². The van der Waals surface area contributed by atoms with Crippen molar-refractivity contribution in [2.45, 2.75) is 12.8 Å². The fourth-order valence-corrected chi connectivity index (χ4v) is 2.07. The number of terminal acetylenes is 1. The molecule has 8 heteroatoms. The first-order valence-corrected chi connectivity index (χ1v) is 7.47. The van der Waals surface area contributed by atoms with Gasteiger partial charge in [0.2, 0.25) is 5.91 Å². The number of carbonyl (C=O) groups is 1. The molecule has 2 rings (SSSR count). The number of amides is 1. The van der Waals surface area contributed by atoms with Crippen molar-refractivity contribution < 1.29 is 14.3 Å². The van der Waals surface area contributed by atoms with Crippen molar-refractivity contribution in [3.63, 3.8) is 0 Å². The second kappa shape index (κ2) is 8.49. The Kier molecular flexibility index (Phi) is 6.12. The Balaban J connectivity index is 2.18. The summed E-state index contributed by atoms with van der Waals surface area (Å²) in [5, 5.41) is 10.5. The highest BCUT2D eigenvalue weighted by Gasteiger charge is 2.11. The van der Waals surface area contributed by atoms with E-state index in [0.29, 0.717) is 17.1 Å². The van der Waals surface area contributed by atoms with Gasteiger partial charge in [0.25, 0.3) is 5.56 Å². The lowest BCUT2D eigenvalue weighted by Crippen LogP contribution is -2.25. The first kappa shape index (κ1) is 18.0. The normalized spacial score (nSPS) is 9.96. The van der Waals surface area contributed by atoms with E-state index in [1.165, 1.54) is 14.2 Å². The van der Waals surface area contributed by atoms with Crippen LogP contribution in [0.1, 0.15) is 12.1 Å². The van der Waals surface area contributed by atoms with Gasteiger partial charge in [-0.2, -0.15) is 0 Å². The predicted octanol–water partition coefficient (Wildman–Crippen LogP) is 0.531. The molecule has 0 saturated carbocycles. The molecule has 1 amide bonds. The SMILES string of the molecule is C#CCNC(=O)CCc1nnc(-c2cc(OC)cc(OC)c2)[nH]c1=O. The van der Waals surface area contributed by atoms with Crippen LogP contribution in [-0.4, -0.2) is 41.9 Å². The van der Waals surface area contributed by atoms with Gasteiger partial charge in [0.1, 0.15) is 17.2 Å². The summed E-state index contributed by atoms with van der Waals surface area (Å²) < 4.78 is 10.4. The third kappa shape index (κ3) is 4.81. The van der Waals surface area contributed by atoms with Crippen molar-refractivity contribution in [3.05, 3.63) is 34.2 Å². The molecule has 0 aliphatic carbocycles. The standard InChI is InChI=1S/C17H18N4O4/c1-4-7-18-15(22)6-5-14-17(23)19-16(21-20-14)11-8-12(24-2)10-13(9-11)25-3/h1,8-10H,5-7H2,2-3H3,(H,18,22)(H,19,21,23). The maximum atomic E-state index is 12.2. The third-order valence-electron chi connectivity index (χ3n) is 3.37. The van der Waals surface area contributed by atoms with Crippen LogP contribution in [0.4, 0.5) is 0 Å².